The minimum Gasteiger partial charge on any atom is -0.747 e. The molecule has 0 aliphatic carbocycles. The van der Waals surface area contributed by atoms with Gasteiger partial charge in [-0.3, -0.25) is 4.79 Å². The van der Waals surface area contributed by atoms with Gasteiger partial charge in [-0.25, -0.2) is 8.42 Å². The van der Waals surface area contributed by atoms with E-state index in [4.69, 9.17) is 22.8 Å². The molecule has 1 aliphatic heterocycles. The average Bonchev–Trinajstić information content (AvgIpc) is 3.04. The summed E-state index contributed by atoms with van der Waals surface area (Å²) in [5.74, 6) is -2.75. The molecular weight excluding hydrogens is 399 g/mol. The molecule has 0 radical (unpaired) electrons. The number of hydrogen-bond acceptors (Lipinski definition) is 6. The van der Waals surface area contributed by atoms with Crippen LogP contribution in [-0.2, 0) is 25.8 Å². The number of halogens is 3. The van der Waals surface area contributed by atoms with E-state index in [1.807, 2.05) is 0 Å². The first-order chi connectivity index (χ1) is 16.7. The van der Waals surface area contributed by atoms with Gasteiger partial charge in [0.25, 0.3) is 0 Å². The summed E-state index contributed by atoms with van der Waals surface area (Å²) in [6.07, 6.45) is -7.66. The van der Waals surface area contributed by atoms with E-state index in [2.05, 4.69) is 0 Å². The summed E-state index contributed by atoms with van der Waals surface area (Å²) in [7, 11) is -5.80. The van der Waals surface area contributed by atoms with Crippen LogP contribution in [0, 0.1) is 0 Å². The maximum absolute atomic E-state index is 13.3. The molecule has 0 saturated carbocycles. The fraction of sp³-hybridized carbons (Fsp3) is 0.167. The lowest BCUT2D eigenvalue weighted by atomic mass is 9.96. The number of ether oxygens (including phenoxy) is 1. The summed E-state index contributed by atoms with van der Waals surface area (Å²) in [6, 6.07) is -11.4. The van der Waals surface area contributed by atoms with Gasteiger partial charge < -0.3 is 15.0 Å². The zero-order chi connectivity index (χ0) is 28.5. The Morgan fingerprint density at radius 2 is 1.68 bits per heavy atom. The van der Waals surface area contributed by atoms with Gasteiger partial charge in [-0.15, -0.1) is 0 Å². The summed E-state index contributed by atoms with van der Waals surface area (Å²) in [6.45, 7) is 0. The van der Waals surface area contributed by atoms with Crippen molar-refractivity contribution < 1.29 is 48.0 Å². The molecule has 2 aromatic carbocycles. The Hall–Kier alpha value is -2.85. The second-order valence-electron chi connectivity index (χ2n) is 5.34. The fourth-order valence-corrected chi connectivity index (χ4v) is 3.30. The van der Waals surface area contributed by atoms with Crippen molar-refractivity contribution >= 4 is 15.9 Å². The molecule has 1 aliphatic rings. The third-order valence-electron chi connectivity index (χ3n) is 3.54. The smallest absolute Gasteiger partial charge is 0.416 e. The zero-order valence-electron chi connectivity index (χ0n) is 22.3. The van der Waals surface area contributed by atoms with Crippen molar-refractivity contribution in [1.29, 1.82) is 0 Å². The highest BCUT2D eigenvalue weighted by Gasteiger charge is 2.42. The lowest BCUT2D eigenvalue weighted by molar-refractivity contribution is -0.137. The van der Waals surface area contributed by atoms with Crippen molar-refractivity contribution in [3.05, 3.63) is 82.5 Å². The number of carbonyl (C=O) groups is 1. The standard InChI is InChI=1S/C18H14F3NO5S/c19-18(20,21)12-8-6-10(7-9-12)15-14(23)13(17(22)27-15)16(28(24,25)26)11-4-2-1-3-5-11/h1-9,15-16H,22H2,(H,24,25,26)/p-1/i1D,2D,3D,4D,5D,6D,7D,8D,9D. The Kier molecular flexibility index (Phi) is 2.79. The van der Waals surface area contributed by atoms with E-state index in [9.17, 15) is 30.9 Å². The van der Waals surface area contributed by atoms with Gasteiger partial charge in [0.15, 0.2) is 12.0 Å². The first-order valence-corrected chi connectivity index (χ1v) is 8.61. The van der Waals surface area contributed by atoms with E-state index < -0.39 is 116 Å². The van der Waals surface area contributed by atoms with Crippen molar-refractivity contribution in [3.63, 3.8) is 0 Å². The number of carbonyl (C=O) groups excluding carboxylic acids is 1. The minimum atomic E-state index is -5.80. The van der Waals surface area contributed by atoms with Gasteiger partial charge in [-0.2, -0.15) is 13.2 Å². The predicted molar refractivity (Wildman–Crippen MR) is 90.4 cm³/mol. The fourth-order valence-electron chi connectivity index (χ4n) is 2.37. The Morgan fingerprint density at radius 3 is 2.18 bits per heavy atom. The van der Waals surface area contributed by atoms with Gasteiger partial charge in [-0.1, -0.05) is 42.3 Å². The summed E-state index contributed by atoms with van der Waals surface area (Å²) in [4.78, 5) is 13.2. The van der Waals surface area contributed by atoms with Crippen LogP contribution >= 0.6 is 0 Å². The number of nitrogens with two attached hydrogens (primary N) is 1. The zero-order valence-corrected chi connectivity index (χ0v) is 14.1. The molecule has 148 valence electrons. The van der Waals surface area contributed by atoms with Crippen LogP contribution in [0.4, 0.5) is 13.2 Å². The van der Waals surface area contributed by atoms with E-state index in [1.165, 1.54) is 0 Å². The summed E-state index contributed by atoms with van der Waals surface area (Å²) in [5, 5.41) is -2.84. The molecule has 2 unspecified atom stereocenters. The lowest BCUT2D eigenvalue weighted by Crippen LogP contribution is -2.21. The molecule has 2 atom stereocenters. The lowest BCUT2D eigenvalue weighted by Gasteiger charge is -2.21. The van der Waals surface area contributed by atoms with Gasteiger partial charge >= 0.3 is 6.18 Å². The van der Waals surface area contributed by atoms with Gasteiger partial charge in [0.1, 0.15) is 15.4 Å². The molecule has 6 nitrogen and oxygen atoms in total. The maximum Gasteiger partial charge on any atom is 0.416 e. The van der Waals surface area contributed by atoms with Crippen LogP contribution in [0.2, 0.25) is 0 Å². The second-order valence-corrected chi connectivity index (χ2v) is 6.80. The van der Waals surface area contributed by atoms with E-state index >= 15 is 0 Å². The molecule has 10 heteroatoms. The molecule has 28 heavy (non-hydrogen) atoms. The number of ketones is 1. The van der Waals surface area contributed by atoms with Crippen LogP contribution < -0.4 is 5.73 Å². The third-order valence-corrected chi connectivity index (χ3v) is 4.59. The van der Waals surface area contributed by atoms with Crippen molar-refractivity contribution in [2.75, 3.05) is 0 Å². The average molecular weight is 421 g/mol. The van der Waals surface area contributed by atoms with Gasteiger partial charge in [0, 0.05) is 5.56 Å². The van der Waals surface area contributed by atoms with Crippen LogP contribution in [-0.4, -0.2) is 18.8 Å². The topological polar surface area (TPSA) is 110 Å². The molecule has 0 spiro atoms. The number of hydrogen-bond donors (Lipinski definition) is 1. The highest BCUT2D eigenvalue weighted by Crippen LogP contribution is 2.41. The predicted octanol–water partition coefficient (Wildman–Crippen LogP) is 2.80. The first-order valence-electron chi connectivity index (χ1n) is 11.6. The van der Waals surface area contributed by atoms with Crippen molar-refractivity contribution in [3.8, 4) is 0 Å². The normalized spacial score (nSPS) is 23.4. The molecular formula is C18H13F3NO5S-. The Balaban J connectivity index is 2.28. The van der Waals surface area contributed by atoms with E-state index in [-0.39, 0.29) is 0 Å². The number of Topliss-reactive ketones (excluding diaryl/α,β-unsaturated/α-hetero) is 1. The van der Waals surface area contributed by atoms with Crippen LogP contribution in [0.1, 0.15) is 40.4 Å². The molecule has 0 amide bonds. The Morgan fingerprint density at radius 1 is 1.11 bits per heavy atom. The van der Waals surface area contributed by atoms with Crippen LogP contribution in [0.5, 0.6) is 0 Å². The van der Waals surface area contributed by atoms with Crippen molar-refractivity contribution in [2.24, 2.45) is 5.73 Å². The van der Waals surface area contributed by atoms with Crippen LogP contribution in [0.25, 0.3) is 0 Å². The molecule has 3 rings (SSSR count). The molecule has 0 aromatic heterocycles. The molecule has 0 saturated heterocycles. The number of rotatable bonds is 4. The van der Waals surface area contributed by atoms with Gasteiger partial charge in [-0.05, 0) is 17.6 Å². The highest BCUT2D eigenvalue weighted by molar-refractivity contribution is 7.86. The highest BCUT2D eigenvalue weighted by atomic mass is 32.2. The molecule has 0 bridgehead atoms. The van der Waals surface area contributed by atoms with Crippen LogP contribution in [0.3, 0.4) is 0 Å². The SMILES string of the molecule is [2H]c1c([2H])c([2H])c(C(C2=C(N)OC(c3c([2H])c([2H])c(C(F)(F)F)c([2H])c3[2H])C2=O)S(=O)(=O)[O-])c([2H])c1[2H]. The number of benzene rings is 2. The molecule has 1 heterocycles. The van der Waals surface area contributed by atoms with Gasteiger partial charge in [0.05, 0.1) is 23.5 Å². The summed E-state index contributed by atoms with van der Waals surface area (Å²) >= 11 is 0. The molecule has 2 N–H and O–H groups in total. The van der Waals surface area contributed by atoms with Gasteiger partial charge in [0.2, 0.25) is 5.78 Å². The quantitative estimate of drug-likeness (QED) is 0.761. The van der Waals surface area contributed by atoms with E-state index in [1.54, 1.807) is 0 Å². The maximum atomic E-state index is 13.3. The summed E-state index contributed by atoms with van der Waals surface area (Å²) in [5.41, 5.74) is 0.171. The Labute approximate surface area is 170 Å². The molecule has 2 aromatic rings. The summed E-state index contributed by atoms with van der Waals surface area (Å²) < 4.78 is 151. The van der Waals surface area contributed by atoms with Crippen molar-refractivity contribution in [1.82, 2.24) is 0 Å². The largest absolute Gasteiger partial charge is 0.747 e. The van der Waals surface area contributed by atoms with E-state index in [0.29, 0.717) is 0 Å². The third kappa shape index (κ3) is 3.73. The first kappa shape index (κ1) is 11.2. The Bertz CT molecular complexity index is 1450. The number of alkyl halides is 3. The van der Waals surface area contributed by atoms with E-state index in [0.717, 1.165) is 0 Å². The monoisotopic (exact) mass is 421 g/mol. The minimum absolute atomic E-state index is 0.956. The van der Waals surface area contributed by atoms with Crippen molar-refractivity contribution in [2.45, 2.75) is 17.5 Å². The second kappa shape index (κ2) is 6.95. The molecule has 0 fully saturated rings. The van der Waals surface area contributed by atoms with Crippen LogP contribution in [0.15, 0.2) is 65.8 Å².